The summed E-state index contributed by atoms with van der Waals surface area (Å²) in [5.41, 5.74) is 0.903. The summed E-state index contributed by atoms with van der Waals surface area (Å²) in [5, 5.41) is 11.0. The minimum atomic E-state index is -3.76. The van der Waals surface area contributed by atoms with Gasteiger partial charge >= 0.3 is 0 Å². The van der Waals surface area contributed by atoms with Crippen molar-refractivity contribution in [1.29, 1.82) is 0 Å². The van der Waals surface area contributed by atoms with Crippen molar-refractivity contribution in [1.82, 2.24) is 24.2 Å². The van der Waals surface area contributed by atoms with Gasteiger partial charge in [0.2, 0.25) is 10.0 Å². The van der Waals surface area contributed by atoms with Crippen LogP contribution in [0.4, 0.5) is 0 Å². The predicted molar refractivity (Wildman–Crippen MR) is 113 cm³/mol. The van der Waals surface area contributed by atoms with Gasteiger partial charge in [-0.2, -0.15) is 4.31 Å². The molecular formula is C20H22ClN5O3S. The quantitative estimate of drug-likeness (QED) is 0.648. The number of carbonyl (C=O) groups is 1. The van der Waals surface area contributed by atoms with Crippen molar-refractivity contribution in [3.05, 3.63) is 59.0 Å². The monoisotopic (exact) mass is 447 g/mol. The summed E-state index contributed by atoms with van der Waals surface area (Å²) in [7, 11) is -3.76. The van der Waals surface area contributed by atoms with Crippen LogP contribution in [0.3, 0.4) is 0 Å². The molecule has 1 amide bonds. The number of hydrogen-bond donors (Lipinski definition) is 1. The molecule has 0 atom stereocenters. The Balaban J connectivity index is 1.54. The average Bonchev–Trinajstić information content (AvgIpc) is 2.95. The van der Waals surface area contributed by atoms with Crippen molar-refractivity contribution in [2.24, 2.45) is 0 Å². The summed E-state index contributed by atoms with van der Waals surface area (Å²) in [6.45, 7) is 1.09. The molecule has 3 aromatic rings. The number of amides is 1. The first-order valence-electron chi connectivity index (χ1n) is 9.83. The van der Waals surface area contributed by atoms with Crippen molar-refractivity contribution in [2.75, 3.05) is 13.1 Å². The lowest BCUT2D eigenvalue weighted by atomic mass is 10.2. The van der Waals surface area contributed by atoms with Crippen LogP contribution in [-0.2, 0) is 16.6 Å². The number of nitrogens with zero attached hydrogens (tertiary/aromatic N) is 4. The number of halogens is 1. The van der Waals surface area contributed by atoms with E-state index >= 15 is 0 Å². The molecule has 158 valence electrons. The highest BCUT2D eigenvalue weighted by Crippen LogP contribution is 2.27. The highest BCUT2D eigenvalue weighted by Gasteiger charge is 2.28. The van der Waals surface area contributed by atoms with E-state index in [2.05, 4.69) is 15.5 Å². The van der Waals surface area contributed by atoms with Gasteiger partial charge in [-0.15, -0.1) is 10.2 Å². The third kappa shape index (κ3) is 4.19. The van der Waals surface area contributed by atoms with Crippen molar-refractivity contribution in [2.45, 2.75) is 37.1 Å². The van der Waals surface area contributed by atoms with E-state index in [9.17, 15) is 13.2 Å². The Hall–Kier alpha value is -2.49. The molecule has 1 N–H and O–H groups in total. The van der Waals surface area contributed by atoms with Gasteiger partial charge in [0, 0.05) is 24.8 Å². The summed E-state index contributed by atoms with van der Waals surface area (Å²) in [4.78, 5) is 12.6. The van der Waals surface area contributed by atoms with Gasteiger partial charge < -0.3 is 5.32 Å². The van der Waals surface area contributed by atoms with Crippen LogP contribution >= 0.6 is 11.6 Å². The third-order valence-electron chi connectivity index (χ3n) is 5.17. The van der Waals surface area contributed by atoms with E-state index < -0.39 is 15.9 Å². The molecule has 1 fully saturated rings. The predicted octanol–water partition coefficient (Wildman–Crippen LogP) is 2.88. The number of fused-ring (bicyclic) bond motifs is 1. The minimum absolute atomic E-state index is 0.0355. The van der Waals surface area contributed by atoms with E-state index in [4.69, 9.17) is 11.6 Å². The molecule has 0 unspecified atom stereocenters. The Morgan fingerprint density at radius 3 is 2.60 bits per heavy atom. The first kappa shape index (κ1) is 20.8. The number of pyridine rings is 1. The Bertz CT molecular complexity index is 1170. The Kier molecular flexibility index (Phi) is 6.03. The molecule has 0 radical (unpaired) electrons. The fourth-order valence-corrected chi connectivity index (χ4v) is 5.55. The Labute approximate surface area is 179 Å². The molecule has 10 heteroatoms. The van der Waals surface area contributed by atoms with Gasteiger partial charge in [0.1, 0.15) is 4.90 Å². The van der Waals surface area contributed by atoms with E-state index in [1.807, 2.05) is 24.4 Å². The van der Waals surface area contributed by atoms with Crippen LogP contribution in [0.5, 0.6) is 0 Å². The van der Waals surface area contributed by atoms with Gasteiger partial charge in [0.15, 0.2) is 11.5 Å². The fraction of sp³-hybridized carbons (Fsp3) is 0.350. The molecule has 30 heavy (non-hydrogen) atoms. The topological polar surface area (TPSA) is 96.7 Å². The molecule has 0 bridgehead atoms. The molecular weight excluding hydrogens is 426 g/mol. The maximum atomic E-state index is 13.1. The second-order valence-corrected chi connectivity index (χ2v) is 9.50. The number of rotatable bonds is 5. The molecule has 3 heterocycles. The summed E-state index contributed by atoms with van der Waals surface area (Å²) in [6.07, 6.45) is 5.48. The molecule has 0 saturated carbocycles. The number of aromatic nitrogens is 3. The van der Waals surface area contributed by atoms with Gasteiger partial charge in [-0.1, -0.05) is 30.5 Å². The number of hydrogen-bond acceptors (Lipinski definition) is 5. The smallest absolute Gasteiger partial charge is 0.251 e. The second kappa shape index (κ2) is 8.71. The Morgan fingerprint density at radius 1 is 1.07 bits per heavy atom. The van der Waals surface area contributed by atoms with Gasteiger partial charge in [0.05, 0.1) is 11.6 Å². The largest absolute Gasteiger partial charge is 0.345 e. The number of sulfonamides is 1. The van der Waals surface area contributed by atoms with Crippen molar-refractivity contribution in [3.63, 3.8) is 0 Å². The maximum Gasteiger partial charge on any atom is 0.251 e. The van der Waals surface area contributed by atoms with Crippen LogP contribution in [0.15, 0.2) is 47.5 Å². The molecule has 1 saturated heterocycles. The minimum Gasteiger partial charge on any atom is -0.345 e. The van der Waals surface area contributed by atoms with Gasteiger partial charge in [0.25, 0.3) is 5.91 Å². The SMILES string of the molecule is O=C(NCc1nnc2ccccn12)c1ccc(Cl)c(S(=O)(=O)N2CCCCCC2)c1. The first-order valence-corrected chi connectivity index (χ1v) is 11.7. The normalized spacial score (nSPS) is 15.8. The summed E-state index contributed by atoms with van der Waals surface area (Å²) in [6, 6.07) is 9.83. The lowest BCUT2D eigenvalue weighted by molar-refractivity contribution is 0.0949. The van der Waals surface area contributed by atoms with Crippen LogP contribution < -0.4 is 5.32 Å². The zero-order valence-corrected chi connectivity index (χ0v) is 17.9. The van der Waals surface area contributed by atoms with Crippen molar-refractivity contribution < 1.29 is 13.2 Å². The van der Waals surface area contributed by atoms with Crippen LogP contribution in [-0.4, -0.2) is 46.3 Å². The molecule has 2 aromatic heterocycles. The Morgan fingerprint density at radius 2 is 1.83 bits per heavy atom. The molecule has 1 aliphatic rings. The summed E-state index contributed by atoms with van der Waals surface area (Å²) in [5.74, 6) is 0.164. The number of nitrogens with one attached hydrogen (secondary N) is 1. The first-order chi connectivity index (χ1) is 14.5. The van der Waals surface area contributed by atoms with E-state index in [0.717, 1.165) is 25.7 Å². The lowest BCUT2D eigenvalue weighted by Gasteiger charge is -2.21. The van der Waals surface area contributed by atoms with Gasteiger partial charge in [-0.05, 0) is 43.2 Å². The standard InChI is InChI=1S/C20H22ClN5O3S/c21-16-9-8-15(13-17(16)30(28,29)25-10-4-1-2-5-11-25)20(27)22-14-19-24-23-18-7-3-6-12-26(18)19/h3,6-9,12-13H,1-2,4-5,10-11,14H2,(H,22,27). The van der Waals surface area contributed by atoms with E-state index in [0.29, 0.717) is 24.6 Å². The summed E-state index contributed by atoms with van der Waals surface area (Å²) < 4.78 is 29.5. The van der Waals surface area contributed by atoms with E-state index in [1.54, 1.807) is 4.40 Å². The lowest BCUT2D eigenvalue weighted by Crippen LogP contribution is -2.32. The second-order valence-electron chi connectivity index (χ2n) is 7.19. The fourth-order valence-electron chi connectivity index (χ4n) is 3.54. The molecule has 1 aromatic carbocycles. The molecule has 1 aliphatic heterocycles. The zero-order chi connectivity index (χ0) is 21.1. The highest BCUT2D eigenvalue weighted by molar-refractivity contribution is 7.89. The van der Waals surface area contributed by atoms with Gasteiger partial charge in [-0.25, -0.2) is 8.42 Å². The molecule has 0 aliphatic carbocycles. The van der Waals surface area contributed by atoms with E-state index in [1.165, 1.54) is 22.5 Å². The molecule has 0 spiro atoms. The zero-order valence-electron chi connectivity index (χ0n) is 16.3. The molecule has 4 rings (SSSR count). The average molecular weight is 448 g/mol. The number of carbonyl (C=O) groups excluding carboxylic acids is 1. The third-order valence-corrected chi connectivity index (χ3v) is 7.55. The van der Waals surface area contributed by atoms with Crippen LogP contribution in [0.2, 0.25) is 5.02 Å². The van der Waals surface area contributed by atoms with Gasteiger partial charge in [-0.3, -0.25) is 9.20 Å². The highest BCUT2D eigenvalue weighted by atomic mass is 35.5. The molecule has 8 nitrogen and oxygen atoms in total. The van der Waals surface area contributed by atoms with Crippen LogP contribution in [0.25, 0.3) is 5.65 Å². The van der Waals surface area contributed by atoms with E-state index in [-0.39, 0.29) is 22.0 Å². The van der Waals surface area contributed by atoms with Crippen LogP contribution in [0.1, 0.15) is 41.9 Å². The van der Waals surface area contributed by atoms with Crippen LogP contribution in [0, 0.1) is 0 Å². The number of benzene rings is 1. The summed E-state index contributed by atoms with van der Waals surface area (Å²) >= 11 is 6.21. The van der Waals surface area contributed by atoms with Crippen molar-refractivity contribution >= 4 is 33.2 Å². The maximum absolute atomic E-state index is 13.1. The van der Waals surface area contributed by atoms with Crippen molar-refractivity contribution in [3.8, 4) is 0 Å².